The smallest absolute Gasteiger partial charge is 0.319 e. The van der Waals surface area contributed by atoms with Gasteiger partial charge in [-0.05, 0) is 20.8 Å². The third-order valence-electron chi connectivity index (χ3n) is 1.60. The summed E-state index contributed by atoms with van der Waals surface area (Å²) < 4.78 is 4.75. The number of rotatable bonds is 4. The van der Waals surface area contributed by atoms with Crippen LogP contribution >= 0.6 is 15.9 Å². The summed E-state index contributed by atoms with van der Waals surface area (Å²) in [6, 6.07) is 0. The minimum Gasteiger partial charge on any atom is -0.465 e. The molecule has 0 N–H and O–H groups in total. The normalized spacial score (nSPS) is 11.0. The SMILES string of the molecule is CCOC(=O)C(C)(C)C(=O)CBr. The Hall–Kier alpha value is -0.380. The standard InChI is InChI=1S/C8H13BrO3/c1-4-12-7(11)8(2,3)6(10)5-9/h4-5H2,1-3H3. The fraction of sp³-hybridized carbons (Fsp3) is 0.750. The van der Waals surface area contributed by atoms with Crippen molar-refractivity contribution in [3.8, 4) is 0 Å². The van der Waals surface area contributed by atoms with Crippen molar-refractivity contribution in [2.24, 2.45) is 5.41 Å². The summed E-state index contributed by atoms with van der Waals surface area (Å²) in [6.07, 6.45) is 0. The molecule has 0 spiro atoms. The Bertz CT molecular complexity index is 187. The second-order valence-corrected chi connectivity index (χ2v) is 3.46. The van der Waals surface area contributed by atoms with Crippen LogP contribution < -0.4 is 0 Å². The Morgan fingerprint density at radius 2 is 1.92 bits per heavy atom. The molecule has 0 saturated heterocycles. The van der Waals surface area contributed by atoms with Gasteiger partial charge in [-0.2, -0.15) is 0 Å². The second kappa shape index (κ2) is 4.60. The van der Waals surface area contributed by atoms with E-state index < -0.39 is 11.4 Å². The zero-order valence-electron chi connectivity index (χ0n) is 7.52. The highest BCUT2D eigenvalue weighted by atomic mass is 79.9. The molecule has 0 aliphatic heterocycles. The molecule has 0 fully saturated rings. The Morgan fingerprint density at radius 1 is 1.42 bits per heavy atom. The highest BCUT2D eigenvalue weighted by Gasteiger charge is 2.36. The fourth-order valence-corrected chi connectivity index (χ4v) is 1.29. The zero-order valence-corrected chi connectivity index (χ0v) is 9.10. The molecule has 0 rings (SSSR count). The van der Waals surface area contributed by atoms with Crippen LogP contribution in [0.25, 0.3) is 0 Å². The van der Waals surface area contributed by atoms with Crippen LogP contribution in [-0.2, 0) is 14.3 Å². The number of hydrogen-bond acceptors (Lipinski definition) is 3. The lowest BCUT2D eigenvalue weighted by Gasteiger charge is -2.19. The number of hydrogen-bond donors (Lipinski definition) is 0. The van der Waals surface area contributed by atoms with Crippen molar-refractivity contribution in [1.29, 1.82) is 0 Å². The van der Waals surface area contributed by atoms with E-state index in [2.05, 4.69) is 15.9 Å². The molecule has 0 aromatic heterocycles. The number of ether oxygens (including phenoxy) is 1. The molecular weight excluding hydrogens is 224 g/mol. The van der Waals surface area contributed by atoms with Crippen molar-refractivity contribution in [1.82, 2.24) is 0 Å². The Kier molecular flexibility index (Phi) is 4.45. The van der Waals surface area contributed by atoms with E-state index in [1.54, 1.807) is 20.8 Å². The van der Waals surface area contributed by atoms with E-state index in [-0.39, 0.29) is 11.1 Å². The monoisotopic (exact) mass is 236 g/mol. The largest absolute Gasteiger partial charge is 0.465 e. The number of carbonyl (C=O) groups excluding carboxylic acids is 2. The average Bonchev–Trinajstić information content (AvgIpc) is 2.03. The van der Waals surface area contributed by atoms with Crippen LogP contribution in [0.4, 0.5) is 0 Å². The van der Waals surface area contributed by atoms with Crippen molar-refractivity contribution >= 4 is 27.7 Å². The van der Waals surface area contributed by atoms with Gasteiger partial charge in [0.1, 0.15) is 5.41 Å². The third kappa shape index (κ3) is 2.59. The van der Waals surface area contributed by atoms with Gasteiger partial charge in [0.25, 0.3) is 0 Å². The molecule has 3 nitrogen and oxygen atoms in total. The maximum Gasteiger partial charge on any atom is 0.319 e. The van der Waals surface area contributed by atoms with E-state index in [0.717, 1.165) is 0 Å². The minimum absolute atomic E-state index is 0.166. The van der Waals surface area contributed by atoms with Gasteiger partial charge in [0.15, 0.2) is 5.78 Å². The highest BCUT2D eigenvalue weighted by molar-refractivity contribution is 9.09. The molecule has 0 aliphatic rings. The molecule has 0 radical (unpaired) electrons. The highest BCUT2D eigenvalue weighted by Crippen LogP contribution is 2.19. The summed E-state index contributed by atoms with van der Waals surface area (Å²) in [7, 11) is 0. The molecule has 70 valence electrons. The van der Waals surface area contributed by atoms with Gasteiger partial charge >= 0.3 is 5.97 Å². The zero-order chi connectivity index (χ0) is 9.78. The maximum atomic E-state index is 11.2. The molecule has 0 saturated carbocycles. The van der Waals surface area contributed by atoms with Gasteiger partial charge in [0, 0.05) is 0 Å². The predicted molar refractivity (Wildman–Crippen MR) is 49.2 cm³/mol. The molecule has 0 aromatic rings. The number of carbonyl (C=O) groups is 2. The second-order valence-electron chi connectivity index (χ2n) is 2.90. The lowest BCUT2D eigenvalue weighted by Crippen LogP contribution is -2.35. The van der Waals surface area contributed by atoms with Gasteiger partial charge in [-0.25, -0.2) is 0 Å². The van der Waals surface area contributed by atoms with Crippen LogP contribution in [0.3, 0.4) is 0 Å². The molecule has 0 amide bonds. The molecular formula is C8H13BrO3. The Labute approximate surface area is 80.6 Å². The quantitative estimate of drug-likeness (QED) is 0.423. The van der Waals surface area contributed by atoms with Gasteiger partial charge in [0.05, 0.1) is 11.9 Å². The summed E-state index contributed by atoms with van der Waals surface area (Å²) in [6.45, 7) is 5.15. The first-order valence-corrected chi connectivity index (χ1v) is 4.85. The number of halogens is 1. The van der Waals surface area contributed by atoms with Crippen LogP contribution in [0.1, 0.15) is 20.8 Å². The number of ketones is 1. The topological polar surface area (TPSA) is 43.4 Å². The van der Waals surface area contributed by atoms with Crippen molar-refractivity contribution < 1.29 is 14.3 Å². The molecule has 0 atom stereocenters. The van der Waals surface area contributed by atoms with E-state index in [0.29, 0.717) is 6.61 Å². The van der Waals surface area contributed by atoms with Gasteiger partial charge in [-0.3, -0.25) is 9.59 Å². The molecule has 0 unspecified atom stereocenters. The summed E-state index contributed by atoms with van der Waals surface area (Å²) in [5.74, 6) is -0.629. The van der Waals surface area contributed by atoms with Crippen LogP contribution in [0.2, 0.25) is 0 Å². The van der Waals surface area contributed by atoms with Gasteiger partial charge < -0.3 is 4.74 Å². The van der Waals surface area contributed by atoms with E-state index in [9.17, 15) is 9.59 Å². The molecule has 12 heavy (non-hydrogen) atoms. The maximum absolute atomic E-state index is 11.2. The van der Waals surface area contributed by atoms with Crippen LogP contribution in [0.15, 0.2) is 0 Å². The van der Waals surface area contributed by atoms with Crippen molar-refractivity contribution in [2.75, 3.05) is 11.9 Å². The van der Waals surface area contributed by atoms with Crippen LogP contribution in [-0.4, -0.2) is 23.7 Å². The minimum atomic E-state index is -1.03. The Balaban J connectivity index is 4.38. The summed E-state index contributed by atoms with van der Waals surface area (Å²) in [5, 5.41) is 0.179. The van der Waals surface area contributed by atoms with Gasteiger partial charge in [-0.1, -0.05) is 15.9 Å². The molecule has 0 aliphatic carbocycles. The first-order valence-electron chi connectivity index (χ1n) is 3.73. The lowest BCUT2D eigenvalue weighted by molar-refractivity contribution is -0.157. The number of esters is 1. The van der Waals surface area contributed by atoms with E-state index in [4.69, 9.17) is 4.74 Å². The Morgan fingerprint density at radius 3 is 2.25 bits per heavy atom. The van der Waals surface area contributed by atoms with Crippen molar-refractivity contribution in [3.63, 3.8) is 0 Å². The van der Waals surface area contributed by atoms with Crippen LogP contribution in [0.5, 0.6) is 0 Å². The van der Waals surface area contributed by atoms with Crippen molar-refractivity contribution in [3.05, 3.63) is 0 Å². The predicted octanol–water partition coefficient (Wildman–Crippen LogP) is 1.54. The van der Waals surface area contributed by atoms with Gasteiger partial charge in [0.2, 0.25) is 0 Å². The lowest BCUT2D eigenvalue weighted by atomic mass is 9.89. The van der Waals surface area contributed by atoms with E-state index >= 15 is 0 Å². The van der Waals surface area contributed by atoms with Crippen molar-refractivity contribution in [2.45, 2.75) is 20.8 Å². The molecule has 4 heteroatoms. The van der Waals surface area contributed by atoms with E-state index in [1.807, 2.05) is 0 Å². The van der Waals surface area contributed by atoms with Gasteiger partial charge in [-0.15, -0.1) is 0 Å². The number of alkyl halides is 1. The average molecular weight is 237 g/mol. The molecule has 0 aromatic carbocycles. The first-order chi connectivity index (χ1) is 5.46. The third-order valence-corrected chi connectivity index (χ3v) is 2.11. The summed E-state index contributed by atoms with van der Waals surface area (Å²) in [4.78, 5) is 22.4. The molecule has 0 heterocycles. The fourth-order valence-electron chi connectivity index (χ4n) is 0.592. The summed E-state index contributed by atoms with van der Waals surface area (Å²) in [5.41, 5.74) is -1.03. The van der Waals surface area contributed by atoms with E-state index in [1.165, 1.54) is 0 Å². The first kappa shape index (κ1) is 11.6. The summed E-state index contributed by atoms with van der Waals surface area (Å²) >= 11 is 3.01. The molecule has 0 bridgehead atoms. The van der Waals surface area contributed by atoms with Crippen LogP contribution in [0, 0.1) is 5.41 Å². The number of Topliss-reactive ketones (excluding diaryl/α,β-unsaturated/α-hetero) is 1.